The second kappa shape index (κ2) is 5.40. The highest BCUT2D eigenvalue weighted by Crippen LogP contribution is 2.24. The predicted molar refractivity (Wildman–Crippen MR) is 80.0 cm³/mol. The van der Waals surface area contributed by atoms with Gasteiger partial charge in [0, 0.05) is 22.8 Å². The number of nitrogens with zero attached hydrogens (tertiary/aromatic N) is 3. The molecule has 3 rings (SSSR count). The maximum absolute atomic E-state index is 12.4. The van der Waals surface area contributed by atoms with Crippen molar-refractivity contribution in [2.24, 2.45) is 0 Å². The van der Waals surface area contributed by atoms with E-state index in [1.54, 1.807) is 10.8 Å². The van der Waals surface area contributed by atoms with E-state index in [-0.39, 0.29) is 5.69 Å². The van der Waals surface area contributed by atoms with Crippen molar-refractivity contribution in [3.63, 3.8) is 0 Å². The molecule has 0 aliphatic heterocycles. The number of hydrogen-bond donors (Lipinski definition) is 0. The summed E-state index contributed by atoms with van der Waals surface area (Å²) in [5.74, 6) is 0. The van der Waals surface area contributed by atoms with Gasteiger partial charge in [0.2, 0.25) is 0 Å². The molecule has 0 amide bonds. The lowest BCUT2D eigenvalue weighted by molar-refractivity contribution is -0.386. The summed E-state index contributed by atoms with van der Waals surface area (Å²) in [5, 5.41) is 12.0. The van der Waals surface area contributed by atoms with E-state index in [4.69, 9.17) is 0 Å². The van der Waals surface area contributed by atoms with Crippen LogP contribution in [0.4, 0.5) is 5.69 Å². The summed E-state index contributed by atoms with van der Waals surface area (Å²) in [6, 6.07) is 1.46. The SMILES string of the molecule is Cc1ncc(Cn2c3c(cc([N+](=O)[O-])c2=O)CCCC3)s1. The van der Waals surface area contributed by atoms with E-state index >= 15 is 0 Å². The van der Waals surface area contributed by atoms with E-state index in [2.05, 4.69) is 4.98 Å². The first kappa shape index (κ1) is 13.9. The molecule has 2 aromatic rings. The monoisotopic (exact) mass is 305 g/mol. The number of aromatic nitrogens is 2. The summed E-state index contributed by atoms with van der Waals surface area (Å²) in [5.41, 5.74) is 1.06. The molecule has 0 radical (unpaired) electrons. The van der Waals surface area contributed by atoms with Crippen LogP contribution in [0.2, 0.25) is 0 Å². The van der Waals surface area contributed by atoms with Gasteiger partial charge in [0.15, 0.2) is 0 Å². The maximum atomic E-state index is 12.4. The smallest absolute Gasteiger partial charge is 0.301 e. The highest BCUT2D eigenvalue weighted by atomic mass is 32.1. The van der Waals surface area contributed by atoms with Gasteiger partial charge in [0.25, 0.3) is 0 Å². The topological polar surface area (TPSA) is 78.0 Å². The number of pyridine rings is 1. The van der Waals surface area contributed by atoms with Gasteiger partial charge >= 0.3 is 11.2 Å². The molecule has 21 heavy (non-hydrogen) atoms. The van der Waals surface area contributed by atoms with Gasteiger partial charge in [0.1, 0.15) is 0 Å². The first-order valence-corrected chi connectivity index (χ1v) is 7.69. The molecule has 0 unspecified atom stereocenters. The van der Waals surface area contributed by atoms with Crippen molar-refractivity contribution in [2.75, 3.05) is 0 Å². The summed E-state index contributed by atoms with van der Waals surface area (Å²) >= 11 is 1.52. The van der Waals surface area contributed by atoms with Gasteiger partial charge in [-0.05, 0) is 38.2 Å². The van der Waals surface area contributed by atoms with Gasteiger partial charge in [-0.2, -0.15) is 0 Å². The Bertz CT molecular complexity index is 763. The minimum atomic E-state index is -0.578. The number of nitro groups is 1. The van der Waals surface area contributed by atoms with Gasteiger partial charge in [-0.25, -0.2) is 4.98 Å². The zero-order valence-electron chi connectivity index (χ0n) is 11.7. The standard InChI is InChI=1S/C14H15N3O3S/c1-9-15-7-11(21-9)8-16-12-5-3-2-4-10(12)6-13(14(16)18)17(19)20/h6-7H,2-5,8H2,1H3. The van der Waals surface area contributed by atoms with Crippen LogP contribution in [0.25, 0.3) is 0 Å². The summed E-state index contributed by atoms with van der Waals surface area (Å²) in [6.07, 6.45) is 5.38. The summed E-state index contributed by atoms with van der Waals surface area (Å²) < 4.78 is 1.57. The number of rotatable bonds is 3. The van der Waals surface area contributed by atoms with E-state index < -0.39 is 10.5 Å². The predicted octanol–water partition coefficient (Wildman–Crippen LogP) is 2.45. The number of aryl methyl sites for hydroxylation is 2. The average molecular weight is 305 g/mol. The maximum Gasteiger partial charge on any atom is 0.334 e. The summed E-state index contributed by atoms with van der Waals surface area (Å²) in [7, 11) is 0. The molecule has 0 N–H and O–H groups in total. The molecule has 0 saturated carbocycles. The number of hydrogen-bond acceptors (Lipinski definition) is 5. The molecular formula is C14H15N3O3S. The van der Waals surface area contributed by atoms with E-state index in [1.165, 1.54) is 17.4 Å². The second-order valence-corrected chi connectivity index (χ2v) is 6.52. The van der Waals surface area contributed by atoms with Crippen LogP contribution in [-0.2, 0) is 19.4 Å². The number of thiazole rings is 1. The lowest BCUT2D eigenvalue weighted by Gasteiger charge is -2.20. The van der Waals surface area contributed by atoms with E-state index in [9.17, 15) is 14.9 Å². The van der Waals surface area contributed by atoms with Gasteiger partial charge in [-0.1, -0.05) is 0 Å². The normalized spacial score (nSPS) is 14.0. The van der Waals surface area contributed by atoms with E-state index in [0.29, 0.717) is 6.54 Å². The van der Waals surface area contributed by atoms with Crippen LogP contribution in [0.15, 0.2) is 17.1 Å². The van der Waals surface area contributed by atoms with Crippen molar-refractivity contribution < 1.29 is 4.92 Å². The molecule has 0 fully saturated rings. The van der Waals surface area contributed by atoms with Crippen molar-refractivity contribution >= 4 is 17.0 Å². The Morgan fingerprint density at radius 1 is 1.43 bits per heavy atom. The summed E-state index contributed by atoms with van der Waals surface area (Å²) in [4.78, 5) is 28.0. The first-order chi connectivity index (χ1) is 10.1. The van der Waals surface area contributed by atoms with E-state index in [1.807, 2.05) is 6.92 Å². The van der Waals surface area contributed by atoms with E-state index in [0.717, 1.165) is 46.8 Å². The molecule has 0 bridgehead atoms. The van der Waals surface area contributed by atoms with Crippen LogP contribution in [-0.4, -0.2) is 14.5 Å². The Kier molecular flexibility index (Phi) is 3.59. The molecule has 1 aliphatic rings. The second-order valence-electron chi connectivity index (χ2n) is 5.20. The molecule has 7 heteroatoms. The molecule has 1 aliphatic carbocycles. The van der Waals surface area contributed by atoms with Crippen LogP contribution in [0.1, 0.15) is 34.0 Å². The zero-order valence-corrected chi connectivity index (χ0v) is 12.5. The van der Waals surface area contributed by atoms with Gasteiger partial charge in [0.05, 0.1) is 16.5 Å². The minimum Gasteiger partial charge on any atom is -0.301 e. The molecular weight excluding hydrogens is 290 g/mol. The van der Waals surface area contributed by atoms with Crippen LogP contribution >= 0.6 is 11.3 Å². The molecule has 2 heterocycles. The van der Waals surface area contributed by atoms with Gasteiger partial charge in [-0.15, -0.1) is 11.3 Å². The lowest BCUT2D eigenvalue weighted by Crippen LogP contribution is -2.28. The molecule has 0 spiro atoms. The molecule has 6 nitrogen and oxygen atoms in total. The third-order valence-electron chi connectivity index (χ3n) is 3.76. The third kappa shape index (κ3) is 2.61. The number of fused-ring (bicyclic) bond motifs is 1. The van der Waals surface area contributed by atoms with Gasteiger partial charge < -0.3 is 4.57 Å². The first-order valence-electron chi connectivity index (χ1n) is 6.87. The third-order valence-corrected chi connectivity index (χ3v) is 4.66. The highest BCUT2D eigenvalue weighted by Gasteiger charge is 2.23. The fourth-order valence-electron chi connectivity index (χ4n) is 2.80. The Morgan fingerprint density at radius 2 is 2.19 bits per heavy atom. The molecule has 0 atom stereocenters. The summed E-state index contributed by atoms with van der Waals surface area (Å²) in [6.45, 7) is 2.27. The van der Waals surface area contributed by atoms with Crippen LogP contribution in [0.5, 0.6) is 0 Å². The zero-order chi connectivity index (χ0) is 15.0. The van der Waals surface area contributed by atoms with Crippen molar-refractivity contribution in [3.05, 3.63) is 53.9 Å². The molecule has 110 valence electrons. The minimum absolute atomic E-state index is 0.322. The van der Waals surface area contributed by atoms with Crippen molar-refractivity contribution in [1.29, 1.82) is 0 Å². The van der Waals surface area contributed by atoms with Crippen molar-refractivity contribution in [1.82, 2.24) is 9.55 Å². The Balaban J connectivity index is 2.14. The lowest BCUT2D eigenvalue weighted by atomic mass is 9.95. The Labute approximate surface area is 125 Å². The average Bonchev–Trinajstić information content (AvgIpc) is 2.87. The highest BCUT2D eigenvalue weighted by molar-refractivity contribution is 7.11. The Hall–Kier alpha value is -2.02. The van der Waals surface area contributed by atoms with Crippen LogP contribution < -0.4 is 5.56 Å². The Morgan fingerprint density at radius 3 is 2.86 bits per heavy atom. The van der Waals surface area contributed by atoms with Crippen LogP contribution in [0, 0.1) is 17.0 Å². The largest absolute Gasteiger partial charge is 0.334 e. The van der Waals surface area contributed by atoms with Crippen molar-refractivity contribution in [3.8, 4) is 0 Å². The molecule has 2 aromatic heterocycles. The molecule has 0 saturated heterocycles. The van der Waals surface area contributed by atoms with Crippen LogP contribution in [0.3, 0.4) is 0 Å². The quantitative estimate of drug-likeness (QED) is 0.644. The van der Waals surface area contributed by atoms with Crippen molar-refractivity contribution in [2.45, 2.75) is 39.2 Å². The van der Waals surface area contributed by atoms with Gasteiger partial charge in [-0.3, -0.25) is 14.9 Å². The fraction of sp³-hybridized carbons (Fsp3) is 0.429. The molecule has 0 aromatic carbocycles. The fourth-order valence-corrected chi connectivity index (χ4v) is 3.58.